The summed E-state index contributed by atoms with van der Waals surface area (Å²) in [6.45, 7) is 1.04. The van der Waals surface area contributed by atoms with E-state index in [1.165, 1.54) is 12.1 Å². The van der Waals surface area contributed by atoms with E-state index in [1.54, 1.807) is 10.6 Å². The summed E-state index contributed by atoms with van der Waals surface area (Å²) in [4.78, 5) is 21.2. The van der Waals surface area contributed by atoms with E-state index in [2.05, 4.69) is 23.8 Å². The number of ether oxygens (including phenoxy) is 1. The number of piperidine rings is 1. The van der Waals surface area contributed by atoms with Crippen LogP contribution in [-0.4, -0.2) is 66.5 Å². The highest BCUT2D eigenvalue weighted by molar-refractivity contribution is 5.87. The number of hydrogen-bond donors (Lipinski definition) is 0. The Morgan fingerprint density at radius 3 is 2.75 bits per heavy atom. The fourth-order valence-electron chi connectivity index (χ4n) is 4.94. The summed E-state index contributed by atoms with van der Waals surface area (Å²) >= 11 is 0. The van der Waals surface area contributed by atoms with Crippen molar-refractivity contribution >= 4 is 17.3 Å². The summed E-state index contributed by atoms with van der Waals surface area (Å²) in [6, 6.07) is 10.2. The van der Waals surface area contributed by atoms with Crippen LogP contribution in [0.1, 0.15) is 54.0 Å². The number of alkyl halides is 2. The number of para-hydroxylation sites is 1. The van der Waals surface area contributed by atoms with E-state index in [0.29, 0.717) is 29.1 Å². The maximum atomic E-state index is 13.3. The Hall–Kier alpha value is -3.28. The number of benzene rings is 2. The first-order valence-corrected chi connectivity index (χ1v) is 12.2. The first-order valence-electron chi connectivity index (χ1n) is 12.2. The van der Waals surface area contributed by atoms with Gasteiger partial charge in [0.15, 0.2) is 12.0 Å². The van der Waals surface area contributed by atoms with Crippen molar-refractivity contribution in [2.45, 2.75) is 38.8 Å². The normalized spacial score (nSPS) is 17.3. The molecule has 3 aromatic rings. The van der Waals surface area contributed by atoms with Crippen molar-refractivity contribution in [1.82, 2.24) is 19.4 Å². The standard InChI is InChI=1S/C28H32F2N4O2/c1-5-23(32(2)3)27-31-22-14-13-19(11-12-20-8-7-15-33(4)17-20)16-24(22)34(27)26-21(18-35)9-6-10-25(26)36-28(29)30/h6,9-10,13-14,16,18,20,23,28H,5,7-8,15,17H2,1-4H3. The number of carbonyl (C=O) groups excluding carboxylic acids is 1. The van der Waals surface area contributed by atoms with E-state index in [-0.39, 0.29) is 23.0 Å². The molecule has 2 heterocycles. The number of aromatic nitrogens is 2. The van der Waals surface area contributed by atoms with Crippen LogP contribution < -0.4 is 4.74 Å². The number of nitrogens with zero attached hydrogens (tertiary/aromatic N) is 4. The molecule has 190 valence electrons. The minimum atomic E-state index is -3.03. The van der Waals surface area contributed by atoms with Crippen molar-refractivity contribution in [1.29, 1.82) is 0 Å². The van der Waals surface area contributed by atoms with Gasteiger partial charge in [-0.2, -0.15) is 8.78 Å². The van der Waals surface area contributed by atoms with Crippen LogP contribution in [0.5, 0.6) is 5.75 Å². The Morgan fingerprint density at radius 2 is 2.08 bits per heavy atom. The monoisotopic (exact) mass is 494 g/mol. The van der Waals surface area contributed by atoms with Gasteiger partial charge in [0.2, 0.25) is 0 Å². The van der Waals surface area contributed by atoms with Crippen molar-refractivity contribution in [3.05, 3.63) is 53.3 Å². The van der Waals surface area contributed by atoms with Crippen molar-refractivity contribution in [3.8, 4) is 23.3 Å². The number of rotatable bonds is 7. The summed E-state index contributed by atoms with van der Waals surface area (Å²) in [5.41, 5.74) is 2.68. The number of imidazole rings is 1. The molecule has 2 unspecified atom stereocenters. The second kappa shape index (κ2) is 11.2. The van der Waals surface area contributed by atoms with Gasteiger partial charge in [-0.1, -0.05) is 24.8 Å². The average molecular weight is 495 g/mol. The second-order valence-corrected chi connectivity index (χ2v) is 9.46. The number of fused-ring (bicyclic) bond motifs is 1. The Balaban J connectivity index is 1.93. The van der Waals surface area contributed by atoms with Crippen LogP contribution in [0.25, 0.3) is 16.7 Å². The lowest BCUT2D eigenvalue weighted by molar-refractivity contribution is -0.0498. The summed E-state index contributed by atoms with van der Waals surface area (Å²) < 4.78 is 33.3. The Kier molecular flexibility index (Phi) is 8.02. The molecule has 36 heavy (non-hydrogen) atoms. The predicted octanol–water partition coefficient (Wildman–Crippen LogP) is 5.15. The Labute approximate surface area is 210 Å². The molecule has 0 bridgehead atoms. The van der Waals surface area contributed by atoms with E-state index in [4.69, 9.17) is 9.72 Å². The van der Waals surface area contributed by atoms with Gasteiger partial charge < -0.3 is 9.64 Å². The number of carbonyl (C=O) groups is 1. The maximum absolute atomic E-state index is 13.3. The number of likely N-dealkylation sites (tertiary alicyclic amines) is 1. The predicted molar refractivity (Wildman–Crippen MR) is 137 cm³/mol. The van der Waals surface area contributed by atoms with Gasteiger partial charge in [0, 0.05) is 23.6 Å². The summed E-state index contributed by atoms with van der Waals surface area (Å²) in [5, 5.41) is 0. The third-order valence-electron chi connectivity index (χ3n) is 6.63. The molecule has 2 aromatic carbocycles. The van der Waals surface area contributed by atoms with E-state index >= 15 is 0 Å². The van der Waals surface area contributed by atoms with Gasteiger partial charge in [-0.25, -0.2) is 4.98 Å². The molecule has 0 spiro atoms. The average Bonchev–Trinajstić information content (AvgIpc) is 3.20. The third-order valence-corrected chi connectivity index (χ3v) is 6.63. The molecule has 0 amide bonds. The number of hydrogen-bond acceptors (Lipinski definition) is 5. The van der Waals surface area contributed by atoms with Gasteiger partial charge in [0.25, 0.3) is 0 Å². The van der Waals surface area contributed by atoms with E-state index in [9.17, 15) is 13.6 Å². The van der Waals surface area contributed by atoms with Gasteiger partial charge in [-0.15, -0.1) is 0 Å². The summed E-state index contributed by atoms with van der Waals surface area (Å²) in [7, 11) is 5.99. The van der Waals surface area contributed by atoms with Crippen LogP contribution in [0.2, 0.25) is 0 Å². The second-order valence-electron chi connectivity index (χ2n) is 9.46. The lowest BCUT2D eigenvalue weighted by Crippen LogP contribution is -2.31. The first kappa shape index (κ1) is 25.8. The Bertz CT molecular complexity index is 1290. The van der Waals surface area contributed by atoms with Gasteiger partial charge >= 0.3 is 6.61 Å². The van der Waals surface area contributed by atoms with Crippen molar-refractivity contribution in [2.24, 2.45) is 5.92 Å². The zero-order chi connectivity index (χ0) is 25.8. The SMILES string of the molecule is CCC(c1nc2ccc(C#CC3CCCN(C)C3)cc2n1-c1c(C=O)cccc1OC(F)F)N(C)C. The smallest absolute Gasteiger partial charge is 0.387 e. The fraction of sp³-hybridized carbons (Fsp3) is 0.429. The van der Waals surface area contributed by atoms with E-state index in [1.807, 2.05) is 44.1 Å². The minimum Gasteiger partial charge on any atom is -0.433 e. The first-order chi connectivity index (χ1) is 17.3. The van der Waals surface area contributed by atoms with Gasteiger partial charge in [0.1, 0.15) is 11.5 Å². The molecule has 6 nitrogen and oxygen atoms in total. The maximum Gasteiger partial charge on any atom is 0.387 e. The summed E-state index contributed by atoms with van der Waals surface area (Å²) in [5.74, 6) is 7.58. The molecule has 1 fully saturated rings. The van der Waals surface area contributed by atoms with Crippen molar-refractivity contribution < 1.29 is 18.3 Å². The van der Waals surface area contributed by atoms with Crippen LogP contribution in [0.3, 0.4) is 0 Å². The molecule has 0 saturated carbocycles. The third kappa shape index (κ3) is 5.43. The van der Waals surface area contributed by atoms with Gasteiger partial charge in [-0.05, 0) is 77.3 Å². The zero-order valence-electron chi connectivity index (χ0n) is 21.2. The van der Waals surface area contributed by atoms with Gasteiger partial charge in [0.05, 0.1) is 17.1 Å². The molecule has 8 heteroatoms. The van der Waals surface area contributed by atoms with Crippen LogP contribution in [0.15, 0.2) is 36.4 Å². The van der Waals surface area contributed by atoms with Gasteiger partial charge in [-0.3, -0.25) is 14.3 Å². The van der Waals surface area contributed by atoms with Crippen molar-refractivity contribution in [3.63, 3.8) is 0 Å². The number of aldehydes is 1. The van der Waals surface area contributed by atoms with Crippen LogP contribution >= 0.6 is 0 Å². The molecule has 1 aliphatic heterocycles. The zero-order valence-corrected chi connectivity index (χ0v) is 21.2. The van der Waals surface area contributed by atoms with Crippen molar-refractivity contribution in [2.75, 3.05) is 34.2 Å². The van der Waals surface area contributed by atoms with E-state index < -0.39 is 6.61 Å². The quantitative estimate of drug-likeness (QED) is 0.336. The number of halogens is 2. The Morgan fingerprint density at radius 1 is 1.28 bits per heavy atom. The fourth-order valence-corrected chi connectivity index (χ4v) is 4.94. The topological polar surface area (TPSA) is 50.6 Å². The van der Waals surface area contributed by atoms with Crippen LogP contribution in [-0.2, 0) is 0 Å². The van der Waals surface area contributed by atoms with Crippen LogP contribution in [0, 0.1) is 17.8 Å². The highest BCUT2D eigenvalue weighted by Gasteiger charge is 2.26. The molecule has 1 saturated heterocycles. The molecule has 0 aliphatic carbocycles. The van der Waals surface area contributed by atoms with E-state index in [0.717, 1.165) is 37.9 Å². The summed E-state index contributed by atoms with van der Waals surface area (Å²) in [6.07, 6.45) is 3.59. The molecular formula is C28H32F2N4O2. The lowest BCUT2D eigenvalue weighted by Gasteiger charge is -2.26. The lowest BCUT2D eigenvalue weighted by atomic mass is 9.99. The highest BCUT2D eigenvalue weighted by Crippen LogP contribution is 2.36. The molecule has 0 N–H and O–H groups in total. The highest BCUT2D eigenvalue weighted by atomic mass is 19.3. The minimum absolute atomic E-state index is 0.0783. The molecule has 1 aromatic heterocycles. The molecule has 2 atom stereocenters. The molecule has 0 radical (unpaired) electrons. The van der Waals surface area contributed by atoms with Crippen LogP contribution in [0.4, 0.5) is 8.78 Å². The largest absolute Gasteiger partial charge is 0.433 e. The molecular weight excluding hydrogens is 462 g/mol. The molecule has 4 rings (SSSR count). The molecule has 1 aliphatic rings.